The SMILES string of the molecule is CC(C)C[C@H](OC(=O)N1CCOCC1)C(=O)NC1(C#N)CCN(C)CC1. The molecule has 1 N–H and O–H groups in total. The van der Waals surface area contributed by atoms with E-state index in [1.807, 2.05) is 20.9 Å². The predicted molar refractivity (Wildman–Crippen MR) is 95.3 cm³/mol. The smallest absolute Gasteiger partial charge is 0.410 e. The van der Waals surface area contributed by atoms with Crippen molar-refractivity contribution >= 4 is 12.0 Å². The van der Waals surface area contributed by atoms with Gasteiger partial charge in [-0.05, 0) is 32.2 Å². The number of morpholine rings is 1. The lowest BCUT2D eigenvalue weighted by atomic mass is 9.88. The molecule has 26 heavy (non-hydrogen) atoms. The van der Waals surface area contributed by atoms with Crippen molar-refractivity contribution in [3.63, 3.8) is 0 Å². The number of carbonyl (C=O) groups excluding carboxylic acids is 2. The summed E-state index contributed by atoms with van der Waals surface area (Å²) in [6.45, 7) is 7.30. The molecule has 0 spiro atoms. The van der Waals surface area contributed by atoms with Gasteiger partial charge in [0.2, 0.25) is 0 Å². The van der Waals surface area contributed by atoms with E-state index in [1.165, 1.54) is 0 Å². The monoisotopic (exact) mass is 366 g/mol. The standard InChI is InChI=1S/C18H30N4O4/c1-14(2)12-15(26-17(24)22-8-10-25-11-9-22)16(23)20-18(13-19)4-6-21(3)7-5-18/h14-15H,4-12H2,1-3H3,(H,20,23)/t15-/m0/s1. The van der Waals surface area contributed by atoms with Crippen LogP contribution in [0.2, 0.25) is 0 Å². The fourth-order valence-electron chi connectivity index (χ4n) is 3.16. The van der Waals surface area contributed by atoms with Crippen LogP contribution < -0.4 is 5.32 Å². The van der Waals surface area contributed by atoms with E-state index < -0.39 is 17.7 Å². The number of nitrogens with zero attached hydrogens (tertiary/aromatic N) is 3. The van der Waals surface area contributed by atoms with Gasteiger partial charge in [-0.25, -0.2) is 4.79 Å². The van der Waals surface area contributed by atoms with Crippen molar-refractivity contribution in [2.75, 3.05) is 46.4 Å². The van der Waals surface area contributed by atoms with Crippen molar-refractivity contribution < 1.29 is 19.1 Å². The molecule has 8 heteroatoms. The van der Waals surface area contributed by atoms with Gasteiger partial charge in [0, 0.05) is 26.2 Å². The Labute approximate surface area is 155 Å². The van der Waals surface area contributed by atoms with Crippen LogP contribution in [0.3, 0.4) is 0 Å². The van der Waals surface area contributed by atoms with Gasteiger partial charge in [0.1, 0.15) is 5.54 Å². The second kappa shape index (κ2) is 9.19. The highest BCUT2D eigenvalue weighted by atomic mass is 16.6. The van der Waals surface area contributed by atoms with Crippen LogP contribution in [0.4, 0.5) is 4.79 Å². The van der Waals surface area contributed by atoms with Crippen molar-refractivity contribution in [2.45, 2.75) is 44.8 Å². The van der Waals surface area contributed by atoms with Crippen LogP contribution in [-0.4, -0.2) is 79.9 Å². The Hall–Kier alpha value is -1.85. The van der Waals surface area contributed by atoms with E-state index >= 15 is 0 Å². The van der Waals surface area contributed by atoms with Crippen LogP contribution in [0.5, 0.6) is 0 Å². The molecule has 2 aliphatic rings. The maximum absolute atomic E-state index is 12.8. The number of nitrogens with one attached hydrogen (secondary N) is 1. The number of rotatable bonds is 5. The zero-order chi connectivity index (χ0) is 19.2. The molecule has 2 rings (SSSR count). The number of nitriles is 1. The molecule has 0 aliphatic carbocycles. The Morgan fingerprint density at radius 3 is 2.38 bits per heavy atom. The molecule has 2 fully saturated rings. The van der Waals surface area contributed by atoms with Gasteiger partial charge < -0.3 is 24.6 Å². The summed E-state index contributed by atoms with van der Waals surface area (Å²) in [5.41, 5.74) is -0.885. The van der Waals surface area contributed by atoms with Crippen molar-refractivity contribution in [3.8, 4) is 6.07 Å². The third-order valence-electron chi connectivity index (χ3n) is 4.91. The Kier molecular flexibility index (Phi) is 7.23. The molecular formula is C18H30N4O4. The lowest BCUT2D eigenvalue weighted by Gasteiger charge is -2.37. The Morgan fingerprint density at radius 2 is 1.85 bits per heavy atom. The van der Waals surface area contributed by atoms with Crippen molar-refractivity contribution in [1.29, 1.82) is 5.26 Å². The van der Waals surface area contributed by atoms with Gasteiger partial charge in [-0.2, -0.15) is 5.26 Å². The number of hydrogen-bond donors (Lipinski definition) is 1. The molecule has 2 amide bonds. The molecule has 2 heterocycles. The van der Waals surface area contributed by atoms with Crippen molar-refractivity contribution in [3.05, 3.63) is 0 Å². The Balaban J connectivity index is 2.01. The number of ether oxygens (including phenoxy) is 2. The summed E-state index contributed by atoms with van der Waals surface area (Å²) in [5, 5.41) is 12.5. The number of amides is 2. The van der Waals surface area contributed by atoms with E-state index in [9.17, 15) is 14.9 Å². The van der Waals surface area contributed by atoms with Crippen LogP contribution in [0.15, 0.2) is 0 Å². The summed E-state index contributed by atoms with van der Waals surface area (Å²) in [7, 11) is 1.99. The summed E-state index contributed by atoms with van der Waals surface area (Å²) in [6.07, 6.45) is 0.164. The third kappa shape index (κ3) is 5.58. The lowest BCUT2D eigenvalue weighted by Crippen LogP contribution is -2.57. The molecule has 1 atom stereocenters. The number of hydrogen-bond acceptors (Lipinski definition) is 6. The fraction of sp³-hybridized carbons (Fsp3) is 0.833. The zero-order valence-electron chi connectivity index (χ0n) is 16.0. The van der Waals surface area contributed by atoms with Crippen LogP contribution in [0.25, 0.3) is 0 Å². The number of carbonyl (C=O) groups is 2. The van der Waals surface area contributed by atoms with E-state index in [4.69, 9.17) is 9.47 Å². The average molecular weight is 366 g/mol. The second-order valence-electron chi connectivity index (χ2n) is 7.59. The third-order valence-corrected chi connectivity index (χ3v) is 4.91. The van der Waals surface area contributed by atoms with E-state index in [2.05, 4.69) is 16.3 Å². The van der Waals surface area contributed by atoms with Crippen molar-refractivity contribution in [2.24, 2.45) is 5.92 Å². The molecule has 2 saturated heterocycles. The fourth-order valence-corrected chi connectivity index (χ4v) is 3.16. The highest BCUT2D eigenvalue weighted by Crippen LogP contribution is 2.22. The minimum atomic E-state index is -0.893. The molecule has 0 saturated carbocycles. The average Bonchev–Trinajstić information content (AvgIpc) is 2.63. The topological polar surface area (TPSA) is 94.9 Å². The molecule has 0 aromatic carbocycles. The highest BCUT2D eigenvalue weighted by molar-refractivity contribution is 5.84. The van der Waals surface area contributed by atoms with Crippen LogP contribution in [0, 0.1) is 17.2 Å². The Morgan fingerprint density at radius 1 is 1.23 bits per heavy atom. The van der Waals surface area contributed by atoms with Gasteiger partial charge >= 0.3 is 6.09 Å². The summed E-state index contributed by atoms with van der Waals surface area (Å²) in [4.78, 5) is 28.9. The van der Waals surface area contributed by atoms with Gasteiger partial charge in [-0.1, -0.05) is 13.8 Å². The predicted octanol–water partition coefficient (Wildman–Crippen LogP) is 0.974. The van der Waals surface area contributed by atoms with Crippen LogP contribution in [-0.2, 0) is 14.3 Å². The molecule has 0 radical (unpaired) electrons. The van der Waals surface area contributed by atoms with Gasteiger partial charge in [-0.15, -0.1) is 0 Å². The van der Waals surface area contributed by atoms with E-state index in [1.54, 1.807) is 4.90 Å². The van der Waals surface area contributed by atoms with E-state index in [0.717, 1.165) is 13.1 Å². The lowest BCUT2D eigenvalue weighted by molar-refractivity contribution is -0.133. The molecule has 0 aromatic rings. The first-order chi connectivity index (χ1) is 12.3. The minimum absolute atomic E-state index is 0.179. The van der Waals surface area contributed by atoms with E-state index in [0.29, 0.717) is 45.6 Å². The summed E-state index contributed by atoms with van der Waals surface area (Å²) in [5.74, 6) is -0.204. The normalized spacial score (nSPS) is 21.7. The molecule has 0 bridgehead atoms. The second-order valence-corrected chi connectivity index (χ2v) is 7.59. The number of likely N-dealkylation sites (tertiary alicyclic amines) is 1. The summed E-state index contributed by atoms with van der Waals surface area (Å²) >= 11 is 0. The molecule has 0 unspecified atom stereocenters. The molecule has 146 valence electrons. The molecule has 0 aromatic heterocycles. The maximum atomic E-state index is 12.8. The largest absolute Gasteiger partial charge is 0.436 e. The van der Waals surface area contributed by atoms with Crippen LogP contribution in [0.1, 0.15) is 33.1 Å². The summed E-state index contributed by atoms with van der Waals surface area (Å²) < 4.78 is 10.7. The van der Waals surface area contributed by atoms with Crippen molar-refractivity contribution in [1.82, 2.24) is 15.1 Å². The first-order valence-electron chi connectivity index (χ1n) is 9.30. The van der Waals surface area contributed by atoms with Gasteiger partial charge in [0.25, 0.3) is 5.91 Å². The molecule has 8 nitrogen and oxygen atoms in total. The zero-order valence-corrected chi connectivity index (χ0v) is 16.0. The number of piperidine rings is 1. The van der Waals surface area contributed by atoms with Gasteiger partial charge in [0.15, 0.2) is 6.10 Å². The van der Waals surface area contributed by atoms with E-state index in [-0.39, 0.29) is 11.8 Å². The quantitative estimate of drug-likeness (QED) is 0.779. The summed E-state index contributed by atoms with van der Waals surface area (Å²) in [6, 6.07) is 2.27. The van der Waals surface area contributed by atoms with Crippen LogP contribution >= 0.6 is 0 Å². The first kappa shape index (κ1) is 20.5. The highest BCUT2D eigenvalue weighted by Gasteiger charge is 2.38. The molecule has 2 aliphatic heterocycles. The van der Waals surface area contributed by atoms with Gasteiger partial charge in [-0.3, -0.25) is 4.79 Å². The maximum Gasteiger partial charge on any atom is 0.410 e. The van der Waals surface area contributed by atoms with Gasteiger partial charge in [0.05, 0.1) is 19.3 Å². The molecular weight excluding hydrogens is 336 g/mol. The Bertz CT molecular complexity index is 532. The first-order valence-corrected chi connectivity index (χ1v) is 9.30. The minimum Gasteiger partial charge on any atom is -0.436 e.